The van der Waals surface area contributed by atoms with Crippen LogP contribution >= 0.6 is 23.1 Å². The first-order valence-corrected chi connectivity index (χ1v) is 20.7. The number of aliphatic hydroxyl groups excluding tert-OH is 1. The van der Waals surface area contributed by atoms with E-state index in [-0.39, 0.29) is 64.9 Å². The Kier molecular flexibility index (Phi) is 12.4. The second-order valence-corrected chi connectivity index (χ2v) is 18.2. The van der Waals surface area contributed by atoms with Crippen LogP contribution in [0.3, 0.4) is 0 Å². The Morgan fingerprint density at radius 3 is 2.42 bits per heavy atom. The summed E-state index contributed by atoms with van der Waals surface area (Å²) in [7, 11) is 0. The van der Waals surface area contributed by atoms with Gasteiger partial charge < -0.3 is 44.1 Å². The lowest BCUT2D eigenvalue weighted by Crippen LogP contribution is -2.63. The number of hydrogen-bond donors (Lipinski definition) is 2. The number of amides is 3. The average Bonchev–Trinajstić information content (AvgIpc) is 3.83. The summed E-state index contributed by atoms with van der Waals surface area (Å²) in [6, 6.07) is -0.683. The highest BCUT2D eigenvalue weighted by Gasteiger charge is 2.60. The first-order chi connectivity index (χ1) is 26.0. The van der Waals surface area contributed by atoms with Crippen LogP contribution in [0.4, 0.5) is 9.93 Å². The van der Waals surface area contributed by atoms with Crippen molar-refractivity contribution in [3.05, 3.63) is 21.7 Å². The molecule has 1 unspecified atom stereocenters. The SMILES string of the molecule is CC(OC(=O)C1CCCCC1)OC(=O)N1CC[C@H](NC(=O)c2csc(N3CC(SC4=C(C(=O)OCOC(=O)C(C)(C)C)N5C(=O)[C@H]([C@@H](C)O)[C@H]5[C@H]4C)C3)n2)C1. The number of β-lactam (4-membered cyclic amide) rings is 1. The van der Waals surface area contributed by atoms with Crippen molar-refractivity contribution in [1.29, 1.82) is 0 Å². The number of nitrogens with zero attached hydrogens (tertiary/aromatic N) is 4. The lowest BCUT2D eigenvalue weighted by molar-refractivity contribution is -0.175. The third-order valence-corrected chi connectivity index (χ3v) is 13.1. The van der Waals surface area contributed by atoms with Crippen molar-refractivity contribution in [1.82, 2.24) is 20.1 Å². The molecule has 0 spiro atoms. The minimum absolute atomic E-state index is 0.0432. The second-order valence-electron chi connectivity index (χ2n) is 16.0. The van der Waals surface area contributed by atoms with Crippen LogP contribution < -0.4 is 10.2 Å². The predicted octanol–water partition coefficient (Wildman–Crippen LogP) is 3.63. The third-order valence-electron chi connectivity index (χ3n) is 10.7. The Hall–Kier alpha value is -3.90. The fourth-order valence-corrected chi connectivity index (χ4v) is 9.94. The molecule has 1 aliphatic carbocycles. The normalized spacial score (nSPS) is 25.4. The van der Waals surface area contributed by atoms with Gasteiger partial charge in [-0.2, -0.15) is 0 Å². The molecule has 2 N–H and O–H groups in total. The van der Waals surface area contributed by atoms with Gasteiger partial charge in [-0.15, -0.1) is 23.1 Å². The number of hydrogen-bond acceptors (Lipinski definition) is 15. The number of carbonyl (C=O) groups is 6. The summed E-state index contributed by atoms with van der Waals surface area (Å²) in [6.07, 6.45) is 2.73. The summed E-state index contributed by atoms with van der Waals surface area (Å²) in [4.78, 5) is 87.0. The van der Waals surface area contributed by atoms with E-state index in [1.54, 1.807) is 33.1 Å². The zero-order valence-corrected chi connectivity index (χ0v) is 33.7. The maximum absolute atomic E-state index is 13.3. The van der Waals surface area contributed by atoms with E-state index >= 15 is 0 Å². The molecule has 1 saturated carbocycles. The largest absolute Gasteiger partial charge is 0.427 e. The molecular formula is C37H51N5O11S2. The predicted molar refractivity (Wildman–Crippen MR) is 200 cm³/mol. The van der Waals surface area contributed by atoms with E-state index in [2.05, 4.69) is 10.3 Å². The first-order valence-electron chi connectivity index (χ1n) is 19.0. The Morgan fingerprint density at radius 2 is 1.75 bits per heavy atom. The maximum Gasteiger partial charge on any atom is 0.412 e. The van der Waals surface area contributed by atoms with Crippen molar-refractivity contribution in [3.8, 4) is 0 Å². The van der Waals surface area contributed by atoms with E-state index < -0.39 is 48.6 Å². The molecule has 302 valence electrons. The molecule has 3 amide bonds. The van der Waals surface area contributed by atoms with Crippen molar-refractivity contribution in [3.63, 3.8) is 0 Å². The number of aliphatic hydroxyl groups is 1. The van der Waals surface area contributed by atoms with Gasteiger partial charge in [0.25, 0.3) is 5.91 Å². The monoisotopic (exact) mass is 805 g/mol. The number of rotatable bonds is 12. The lowest BCUT2D eigenvalue weighted by Gasteiger charge is -2.46. The molecule has 3 saturated heterocycles. The van der Waals surface area contributed by atoms with Crippen LogP contribution in [-0.4, -0.2) is 118 Å². The molecule has 6 rings (SSSR count). The summed E-state index contributed by atoms with van der Waals surface area (Å²) in [5, 5.41) is 15.7. The molecule has 18 heteroatoms. The quantitative estimate of drug-likeness (QED) is 0.177. The fraction of sp³-hybridized carbons (Fsp3) is 0.703. The van der Waals surface area contributed by atoms with E-state index in [0.29, 0.717) is 36.1 Å². The molecule has 0 aromatic carbocycles. The summed E-state index contributed by atoms with van der Waals surface area (Å²) in [6.45, 7) is 11.3. The number of fused-ring (bicyclic) bond motifs is 1. The lowest BCUT2D eigenvalue weighted by atomic mass is 9.79. The molecule has 0 radical (unpaired) electrons. The fourth-order valence-electron chi connectivity index (χ4n) is 7.59. The van der Waals surface area contributed by atoms with Gasteiger partial charge in [-0.1, -0.05) is 26.2 Å². The van der Waals surface area contributed by atoms with Gasteiger partial charge in [0.2, 0.25) is 19.0 Å². The Balaban J connectivity index is 0.984. The molecule has 1 aromatic rings. The maximum atomic E-state index is 13.3. The molecular weight excluding hydrogens is 755 g/mol. The molecule has 4 fully saturated rings. The highest BCUT2D eigenvalue weighted by molar-refractivity contribution is 8.03. The van der Waals surface area contributed by atoms with Gasteiger partial charge in [-0.3, -0.25) is 19.2 Å². The third kappa shape index (κ3) is 8.90. The number of nitrogens with one attached hydrogen (secondary N) is 1. The Labute approximate surface area is 328 Å². The molecule has 5 heterocycles. The van der Waals surface area contributed by atoms with Gasteiger partial charge in [-0.25, -0.2) is 14.6 Å². The van der Waals surface area contributed by atoms with E-state index in [9.17, 15) is 33.9 Å². The molecule has 5 aliphatic rings. The summed E-state index contributed by atoms with van der Waals surface area (Å²) < 4.78 is 21.2. The average molecular weight is 806 g/mol. The number of thioether (sulfide) groups is 1. The van der Waals surface area contributed by atoms with Crippen molar-refractivity contribution in [2.24, 2.45) is 23.2 Å². The number of carbonyl (C=O) groups excluding carboxylic acids is 6. The Morgan fingerprint density at radius 1 is 1.04 bits per heavy atom. The molecule has 55 heavy (non-hydrogen) atoms. The van der Waals surface area contributed by atoms with Gasteiger partial charge in [0.1, 0.15) is 11.4 Å². The number of anilines is 1. The molecule has 4 aliphatic heterocycles. The smallest absolute Gasteiger partial charge is 0.412 e. The van der Waals surface area contributed by atoms with Crippen LogP contribution in [0.25, 0.3) is 0 Å². The van der Waals surface area contributed by atoms with E-state index in [1.165, 1.54) is 39.8 Å². The van der Waals surface area contributed by atoms with Crippen molar-refractivity contribution in [2.75, 3.05) is 37.9 Å². The highest BCUT2D eigenvalue weighted by atomic mass is 32.2. The second kappa shape index (κ2) is 16.7. The summed E-state index contributed by atoms with van der Waals surface area (Å²) in [5.41, 5.74) is -0.399. The highest BCUT2D eigenvalue weighted by Crippen LogP contribution is 2.52. The van der Waals surface area contributed by atoms with E-state index in [4.69, 9.17) is 18.9 Å². The number of thiazole rings is 1. The van der Waals surface area contributed by atoms with Crippen LogP contribution in [0.1, 0.15) is 90.6 Å². The van der Waals surface area contributed by atoms with Crippen LogP contribution in [0.15, 0.2) is 16.0 Å². The molecule has 1 aromatic heterocycles. The Bertz CT molecular complexity index is 1700. The number of aromatic nitrogens is 1. The molecule has 16 nitrogen and oxygen atoms in total. The van der Waals surface area contributed by atoms with Crippen LogP contribution in [0, 0.1) is 23.2 Å². The van der Waals surface area contributed by atoms with Gasteiger partial charge in [0, 0.05) is 60.6 Å². The number of esters is 3. The standard InChI is InChI=1S/C37H51N5O11S2/c1-19-27-26(20(2)43)31(45)42(27)28(33(47)50-18-51-34(48)37(4,5)6)29(19)55-24-15-41(16-24)35-39-25(17-54-35)30(44)38-23-12-13-40(14-23)36(49)53-21(3)52-32(46)22-10-8-7-9-11-22/h17,19-24,26-27,43H,7-16,18H2,1-6H3,(H,38,44)/t19-,20-,21?,23+,26-,27-/m1/s1. The van der Waals surface area contributed by atoms with Gasteiger partial charge >= 0.3 is 24.0 Å². The number of likely N-dealkylation sites (tertiary alicyclic amines) is 1. The molecule has 6 atom stereocenters. The summed E-state index contributed by atoms with van der Waals surface area (Å²) >= 11 is 2.81. The minimum atomic E-state index is -1.00. The summed E-state index contributed by atoms with van der Waals surface area (Å²) in [5.74, 6) is -3.35. The molecule has 0 bridgehead atoms. The van der Waals surface area contributed by atoms with E-state index in [1.807, 2.05) is 11.8 Å². The topological polar surface area (TPSA) is 194 Å². The zero-order valence-electron chi connectivity index (χ0n) is 32.1. The van der Waals surface area contributed by atoms with Crippen LogP contribution in [-0.2, 0) is 38.1 Å². The van der Waals surface area contributed by atoms with Gasteiger partial charge in [0.05, 0.1) is 29.4 Å². The van der Waals surface area contributed by atoms with Gasteiger partial charge in [-0.05, 0) is 47.0 Å². The van der Waals surface area contributed by atoms with E-state index in [0.717, 1.165) is 32.1 Å². The van der Waals surface area contributed by atoms with Crippen LogP contribution in [0.2, 0.25) is 0 Å². The van der Waals surface area contributed by atoms with Gasteiger partial charge in [0.15, 0.2) is 5.13 Å². The van der Waals surface area contributed by atoms with Crippen LogP contribution in [0.5, 0.6) is 0 Å². The van der Waals surface area contributed by atoms with Crippen molar-refractivity contribution >= 4 is 64.0 Å². The zero-order chi connectivity index (χ0) is 39.8. The first kappa shape index (κ1) is 40.8. The van der Waals surface area contributed by atoms with Crippen molar-refractivity contribution in [2.45, 2.75) is 110 Å². The number of ether oxygens (including phenoxy) is 4. The van der Waals surface area contributed by atoms with Crippen molar-refractivity contribution < 1.29 is 52.8 Å². The minimum Gasteiger partial charge on any atom is -0.427 e.